The van der Waals surface area contributed by atoms with Gasteiger partial charge in [-0.3, -0.25) is 0 Å². The van der Waals surface area contributed by atoms with Crippen molar-refractivity contribution in [2.45, 2.75) is 15.1 Å². The maximum atomic E-state index is 8.49. The second-order valence-corrected chi connectivity index (χ2v) is 10.7. The van der Waals surface area contributed by atoms with E-state index in [1.807, 2.05) is 54.6 Å². The number of nitrogens with zero attached hydrogens (tertiary/aromatic N) is 3. The van der Waals surface area contributed by atoms with Crippen LogP contribution >= 0.6 is 79.0 Å². The zero-order chi connectivity index (χ0) is 23.7. The Bertz CT molecular complexity index is 712. The van der Waals surface area contributed by atoms with Gasteiger partial charge in [0.2, 0.25) is 0 Å². The topological polar surface area (TPSA) is 79.1 Å². The molecule has 3 heterocycles. The summed E-state index contributed by atoms with van der Waals surface area (Å²) in [6, 6.07) is 17.6. The molecule has 0 saturated carbocycles. The molecule has 176 valence electrons. The van der Waals surface area contributed by atoms with E-state index >= 15 is 0 Å². The number of hydrogen-bond donors (Lipinski definition) is 3. The Labute approximate surface area is 221 Å². The number of aliphatic hydroxyl groups excluding tert-OH is 2. The van der Waals surface area contributed by atoms with Crippen molar-refractivity contribution in [2.24, 2.45) is 0 Å². The fourth-order valence-electron chi connectivity index (χ4n) is 1.41. The third-order valence-corrected chi connectivity index (χ3v) is 7.17. The van der Waals surface area contributed by atoms with Crippen molar-refractivity contribution in [3.05, 3.63) is 73.2 Å². The zero-order valence-electron chi connectivity index (χ0n) is 17.0. The molecule has 3 rings (SSSR count). The highest BCUT2D eigenvalue weighted by molar-refractivity contribution is 8.77. The lowest BCUT2D eigenvalue weighted by Gasteiger charge is -1.97. The normalized spacial score (nSPS) is 9.28. The van der Waals surface area contributed by atoms with E-state index in [1.165, 1.54) is 0 Å². The summed E-state index contributed by atoms with van der Waals surface area (Å²) in [5.41, 5.74) is 0. The van der Waals surface area contributed by atoms with E-state index in [-0.39, 0.29) is 18.6 Å². The Balaban J connectivity index is 0.000000475. The third kappa shape index (κ3) is 20.3. The van der Waals surface area contributed by atoms with Crippen LogP contribution in [0.15, 0.2) is 88.3 Å². The van der Waals surface area contributed by atoms with Gasteiger partial charge in [-0.1, -0.05) is 29.0 Å². The van der Waals surface area contributed by atoms with Crippen molar-refractivity contribution < 1.29 is 10.2 Å². The Morgan fingerprint density at radius 3 is 1.34 bits per heavy atom. The number of hydrogen-bond acceptors (Lipinski definition) is 10. The van der Waals surface area contributed by atoms with Gasteiger partial charge in [0.1, 0.15) is 15.1 Å². The summed E-state index contributed by atoms with van der Waals surface area (Å²) >= 11 is 13.2. The van der Waals surface area contributed by atoms with E-state index in [4.69, 9.17) is 33.4 Å². The maximum Gasteiger partial charge on any atom is 0.107 e. The minimum absolute atomic E-state index is 0.184. The van der Waals surface area contributed by atoms with E-state index in [0.29, 0.717) is 5.75 Å². The van der Waals surface area contributed by atoms with Crippen LogP contribution in [0.3, 0.4) is 0 Å². The number of aliphatic hydroxyl groups is 2. The Morgan fingerprint density at radius 1 is 0.688 bits per heavy atom. The van der Waals surface area contributed by atoms with Gasteiger partial charge in [0.15, 0.2) is 0 Å². The molecule has 3 aromatic rings. The molecule has 0 atom stereocenters. The van der Waals surface area contributed by atoms with Gasteiger partial charge >= 0.3 is 0 Å². The maximum absolute atomic E-state index is 8.49. The molecule has 0 unspecified atom stereocenters. The van der Waals surface area contributed by atoms with Gasteiger partial charge in [0.05, 0.1) is 18.6 Å². The molecule has 0 aliphatic rings. The highest BCUT2D eigenvalue weighted by Gasteiger charge is 1.97. The first-order valence-electron chi connectivity index (χ1n) is 9.03. The molecule has 32 heavy (non-hydrogen) atoms. The fourth-order valence-corrected chi connectivity index (χ4v) is 4.81. The standard InChI is InChI=1S/C10H8N2S2.C7H9NOS2.C2H6OS.CH2Cl2/c1-3-7-11-9(5-1)13-14-10-6-2-4-8-12-10;9-5-6-10-11-7-3-1-2-4-8-7;3-1-2-4;2-1-3/h1-8H;1-4,9H,5-6H2;3-4H,1-2H2;1H2. The molecule has 12 heteroatoms. The summed E-state index contributed by atoms with van der Waals surface area (Å²) in [6.45, 7) is 0.410. The summed E-state index contributed by atoms with van der Waals surface area (Å²) in [4.78, 5) is 12.5. The van der Waals surface area contributed by atoms with E-state index in [9.17, 15) is 0 Å². The molecule has 0 amide bonds. The molecular formula is C20H25Cl2N3O2S5. The van der Waals surface area contributed by atoms with Crippen molar-refractivity contribution in [1.29, 1.82) is 0 Å². The minimum atomic E-state index is 0.184. The predicted octanol–water partition coefficient (Wildman–Crippen LogP) is 6.42. The first-order valence-corrected chi connectivity index (χ1v) is 15.2. The highest BCUT2D eigenvalue weighted by Crippen LogP contribution is 2.34. The van der Waals surface area contributed by atoms with Crippen molar-refractivity contribution in [3.63, 3.8) is 0 Å². The molecule has 2 N–H and O–H groups in total. The Hall–Kier alpha value is -0.300. The van der Waals surface area contributed by atoms with Crippen LogP contribution in [-0.4, -0.2) is 55.2 Å². The van der Waals surface area contributed by atoms with Gasteiger partial charge < -0.3 is 10.2 Å². The molecule has 0 aromatic carbocycles. The summed E-state index contributed by atoms with van der Waals surface area (Å²) < 4.78 is 0. The lowest BCUT2D eigenvalue weighted by molar-refractivity contribution is 0.322. The lowest BCUT2D eigenvalue weighted by Crippen LogP contribution is -1.82. The molecule has 5 nitrogen and oxygen atoms in total. The molecule has 0 bridgehead atoms. The van der Waals surface area contributed by atoms with E-state index < -0.39 is 0 Å². The van der Waals surface area contributed by atoms with Crippen molar-refractivity contribution >= 4 is 79.0 Å². The average molecular weight is 571 g/mol. The molecule has 0 fully saturated rings. The smallest absolute Gasteiger partial charge is 0.107 e. The van der Waals surface area contributed by atoms with Crippen LogP contribution in [0.4, 0.5) is 0 Å². The van der Waals surface area contributed by atoms with Crippen LogP contribution in [0, 0.1) is 0 Å². The number of alkyl halides is 2. The van der Waals surface area contributed by atoms with E-state index in [0.717, 1.165) is 20.8 Å². The van der Waals surface area contributed by atoms with Crippen molar-refractivity contribution in [2.75, 3.05) is 30.1 Å². The van der Waals surface area contributed by atoms with Gasteiger partial charge in [-0.15, -0.1) is 23.2 Å². The molecule has 3 aromatic heterocycles. The third-order valence-electron chi connectivity index (χ3n) is 2.54. The number of aromatic nitrogens is 3. The number of rotatable bonds is 8. The van der Waals surface area contributed by atoms with E-state index in [2.05, 4.69) is 27.6 Å². The van der Waals surface area contributed by atoms with Crippen LogP contribution in [0.1, 0.15) is 0 Å². The number of thiol groups is 1. The van der Waals surface area contributed by atoms with Gasteiger partial charge in [-0.25, -0.2) is 15.0 Å². The first-order chi connectivity index (χ1) is 15.7. The summed E-state index contributed by atoms with van der Waals surface area (Å²) in [6.07, 6.45) is 5.35. The number of halogens is 2. The monoisotopic (exact) mass is 569 g/mol. The minimum Gasteiger partial charge on any atom is -0.396 e. The molecule has 0 aliphatic carbocycles. The Kier molecular flexibility index (Phi) is 25.1. The summed E-state index contributed by atoms with van der Waals surface area (Å²) in [7, 11) is 6.43. The van der Waals surface area contributed by atoms with Crippen LogP contribution in [-0.2, 0) is 0 Å². The SMILES string of the molecule is ClCCl.OCCS.OCCSSc1ccccn1.c1ccc(SSc2ccccn2)nc1. The summed E-state index contributed by atoms with van der Waals surface area (Å²) in [5, 5.41) is 19.5. The second kappa shape index (κ2) is 25.3. The second-order valence-electron chi connectivity index (χ2n) is 4.85. The average Bonchev–Trinajstić information content (AvgIpc) is 2.86. The van der Waals surface area contributed by atoms with E-state index in [1.54, 1.807) is 61.8 Å². The van der Waals surface area contributed by atoms with Crippen LogP contribution in [0.25, 0.3) is 0 Å². The first kappa shape index (κ1) is 31.7. The molecular weight excluding hydrogens is 545 g/mol. The quantitative estimate of drug-likeness (QED) is 0.123. The van der Waals surface area contributed by atoms with Gasteiger partial charge in [0, 0.05) is 30.1 Å². The summed E-state index contributed by atoms with van der Waals surface area (Å²) in [5.74, 6) is 1.32. The molecule has 0 radical (unpaired) electrons. The van der Waals surface area contributed by atoms with Crippen molar-refractivity contribution in [3.8, 4) is 0 Å². The lowest BCUT2D eigenvalue weighted by atomic mass is 10.5. The fraction of sp³-hybridized carbons (Fsp3) is 0.250. The molecule has 0 aliphatic heterocycles. The van der Waals surface area contributed by atoms with Gasteiger partial charge in [-0.05, 0) is 68.8 Å². The number of pyridine rings is 3. The molecule has 0 saturated heterocycles. The predicted molar refractivity (Wildman–Crippen MR) is 147 cm³/mol. The zero-order valence-corrected chi connectivity index (χ0v) is 22.7. The largest absolute Gasteiger partial charge is 0.396 e. The van der Waals surface area contributed by atoms with Gasteiger partial charge in [0.25, 0.3) is 0 Å². The van der Waals surface area contributed by atoms with Crippen LogP contribution in [0.5, 0.6) is 0 Å². The van der Waals surface area contributed by atoms with Gasteiger partial charge in [-0.2, -0.15) is 12.6 Å². The molecule has 0 spiro atoms. The highest BCUT2D eigenvalue weighted by atomic mass is 35.5. The Morgan fingerprint density at radius 2 is 1.06 bits per heavy atom. The van der Waals surface area contributed by atoms with Crippen molar-refractivity contribution in [1.82, 2.24) is 15.0 Å². The van der Waals surface area contributed by atoms with Crippen LogP contribution in [0.2, 0.25) is 0 Å². The van der Waals surface area contributed by atoms with Crippen LogP contribution < -0.4 is 0 Å².